The highest BCUT2D eigenvalue weighted by Gasteiger charge is 2.17. The third-order valence-corrected chi connectivity index (χ3v) is 8.66. The number of fused-ring (bicyclic) bond motifs is 21. The van der Waals surface area contributed by atoms with Gasteiger partial charge in [0.2, 0.25) is 0 Å². The molecule has 3 aliphatic heterocycles. The lowest BCUT2D eigenvalue weighted by Crippen LogP contribution is -2.47. The lowest BCUT2D eigenvalue weighted by Gasteiger charge is -2.32. The summed E-state index contributed by atoms with van der Waals surface area (Å²) in [6.07, 6.45) is 5.77. The number of nitrogens with zero attached hydrogens (tertiary/aromatic N) is 8. The van der Waals surface area contributed by atoms with Gasteiger partial charge in [-0.1, -0.05) is 0 Å². The van der Waals surface area contributed by atoms with E-state index in [4.69, 9.17) is 0 Å². The Kier molecular flexibility index (Phi) is 14.1. The van der Waals surface area contributed by atoms with Gasteiger partial charge in [-0.3, -0.25) is 39.8 Å². The van der Waals surface area contributed by atoms with Crippen molar-refractivity contribution in [1.29, 1.82) is 0 Å². The van der Waals surface area contributed by atoms with Crippen molar-refractivity contribution >= 4 is 0 Å². The molecule has 0 aromatic carbocycles. The Balaban J connectivity index is 1.33. The molecule has 0 radical (unpaired) electrons. The molecule has 2 unspecified atom stereocenters. The van der Waals surface area contributed by atoms with Crippen LogP contribution in [0.4, 0.5) is 0 Å². The van der Waals surface area contributed by atoms with E-state index in [1.807, 2.05) is 18.6 Å². The average Bonchev–Trinajstić information content (AvgIpc) is 3.83. The maximum Gasteiger partial charge on any atom is 0.0762 e. The van der Waals surface area contributed by atoms with Crippen molar-refractivity contribution in [2.24, 2.45) is 0 Å². The van der Waals surface area contributed by atoms with Gasteiger partial charge in [-0.25, -0.2) is 0 Å². The number of hydrogen-bond acceptors (Lipinski definition) is 11. The Morgan fingerprint density at radius 2 is 0.750 bits per heavy atom. The molecule has 3 saturated heterocycles. The fourth-order valence-electron chi connectivity index (χ4n) is 5.94. The lowest BCUT2D eigenvalue weighted by molar-refractivity contribution is 0.141. The van der Waals surface area contributed by atoms with Crippen LogP contribution in [0.3, 0.4) is 0 Å². The van der Waals surface area contributed by atoms with E-state index in [9.17, 15) is 0 Å². The second-order valence-corrected chi connectivity index (χ2v) is 12.0. The van der Waals surface area contributed by atoms with Gasteiger partial charge in [-0.15, -0.1) is 0 Å². The number of nitrogens with one attached hydrogen (secondary N) is 6. The Bertz CT molecular complexity index is 1090. The second kappa shape index (κ2) is 19.0. The van der Waals surface area contributed by atoms with E-state index in [2.05, 4.69) is 89.2 Å². The molecule has 3 fully saturated rings. The molecule has 6 N–H and O–H groups in total. The third kappa shape index (κ3) is 12.0. The molecule has 0 amide bonds. The summed E-state index contributed by atoms with van der Waals surface area (Å²) in [5.74, 6) is 0. The molecule has 0 spiro atoms. The van der Waals surface area contributed by atoms with Crippen LogP contribution < -0.4 is 16.0 Å². The van der Waals surface area contributed by atoms with Gasteiger partial charge in [-0.05, 0) is 18.2 Å². The summed E-state index contributed by atoms with van der Waals surface area (Å²) >= 11 is 0. The van der Waals surface area contributed by atoms with Crippen molar-refractivity contribution in [1.82, 2.24) is 71.0 Å². The second-order valence-electron chi connectivity index (χ2n) is 12.0. The molecule has 2 bridgehead atoms. The van der Waals surface area contributed by atoms with Gasteiger partial charge in [0, 0.05) is 156 Å². The summed E-state index contributed by atoms with van der Waals surface area (Å²) in [7, 11) is 0. The Hall–Kier alpha value is -2.69. The normalized spacial score (nSPS) is 24.3. The molecule has 3 aromatic heterocycles. The zero-order valence-electron chi connectivity index (χ0n) is 26.4. The minimum atomic E-state index is 0.848. The highest BCUT2D eigenvalue weighted by molar-refractivity contribution is 4.99. The first-order chi connectivity index (χ1) is 21.8. The van der Waals surface area contributed by atoms with E-state index >= 15 is 0 Å². The molecule has 3 aliphatic rings. The van der Waals surface area contributed by atoms with Crippen molar-refractivity contribution < 1.29 is 0 Å². The fourth-order valence-corrected chi connectivity index (χ4v) is 5.94. The van der Waals surface area contributed by atoms with Crippen LogP contribution in [0, 0.1) is 0 Å². The molecule has 0 saturated carbocycles. The van der Waals surface area contributed by atoms with Gasteiger partial charge >= 0.3 is 0 Å². The van der Waals surface area contributed by atoms with Gasteiger partial charge in [-0.2, -0.15) is 15.3 Å². The van der Waals surface area contributed by atoms with E-state index in [-0.39, 0.29) is 0 Å². The van der Waals surface area contributed by atoms with Crippen LogP contribution in [-0.4, -0.2) is 173 Å². The lowest BCUT2D eigenvalue weighted by atomic mass is 10.3. The van der Waals surface area contributed by atoms with Crippen molar-refractivity contribution in [3.05, 3.63) is 53.9 Å². The molecule has 3 aromatic rings. The van der Waals surface area contributed by atoms with Gasteiger partial charge in [0.25, 0.3) is 0 Å². The first-order valence-corrected chi connectivity index (χ1v) is 16.5. The van der Waals surface area contributed by atoms with Gasteiger partial charge in [0.05, 0.1) is 17.1 Å². The maximum absolute atomic E-state index is 4.50. The number of aromatic nitrogens is 6. The zero-order chi connectivity index (χ0) is 30.1. The minimum absolute atomic E-state index is 0.848. The smallest absolute Gasteiger partial charge is 0.0762 e. The summed E-state index contributed by atoms with van der Waals surface area (Å²) in [4.78, 5) is 12.9. The topological polar surface area (TPSA) is 138 Å². The van der Waals surface area contributed by atoms with E-state index in [0.717, 1.165) is 155 Å². The van der Waals surface area contributed by atoms with Gasteiger partial charge in [0.1, 0.15) is 0 Å². The predicted octanol–water partition coefficient (Wildman–Crippen LogP) is -0.938. The van der Waals surface area contributed by atoms with Crippen LogP contribution in [0.15, 0.2) is 36.8 Å². The Morgan fingerprint density at radius 1 is 0.409 bits per heavy atom. The van der Waals surface area contributed by atoms with E-state index in [0.29, 0.717) is 0 Å². The molecule has 44 heavy (non-hydrogen) atoms. The van der Waals surface area contributed by atoms with Gasteiger partial charge in [0.15, 0.2) is 0 Å². The summed E-state index contributed by atoms with van der Waals surface area (Å²) in [6.45, 7) is 20.7. The minimum Gasteiger partial charge on any atom is -0.314 e. The largest absolute Gasteiger partial charge is 0.314 e. The zero-order valence-corrected chi connectivity index (χ0v) is 26.4. The van der Waals surface area contributed by atoms with E-state index in [1.54, 1.807) is 0 Å². The van der Waals surface area contributed by atoms with Crippen LogP contribution in [0.1, 0.15) is 17.1 Å². The first-order valence-electron chi connectivity index (χ1n) is 16.5. The van der Waals surface area contributed by atoms with Crippen molar-refractivity contribution in [3.63, 3.8) is 0 Å². The van der Waals surface area contributed by atoms with Crippen molar-refractivity contribution in [2.75, 3.05) is 118 Å². The molecular formula is C30H54N14. The summed E-state index contributed by atoms with van der Waals surface area (Å²) in [5.41, 5.74) is 3.30. The van der Waals surface area contributed by atoms with Crippen LogP contribution >= 0.6 is 0 Å². The number of aromatic amines is 3. The molecular weight excluding hydrogens is 556 g/mol. The Morgan fingerprint density at radius 3 is 1.16 bits per heavy atom. The molecule has 0 aliphatic carbocycles. The standard InChI is InChI=1S/C30H54N14/c1-4-34-37-28(1)25-42-16-12-33-11-14-40-13-9-31-7-8-32-10-15-41(18-20-42)19-22-44(27-30-3-6-36-39-30)24-23-43(21-17-40)26-29-2-5-35-38-29/h1-6,31-33H,7-27H2,(H,34,37)(H,35,38)(H,36,39). The van der Waals surface area contributed by atoms with Crippen molar-refractivity contribution in [3.8, 4) is 0 Å². The number of rotatable bonds is 6. The summed E-state index contributed by atoms with van der Waals surface area (Å²) in [6, 6.07) is 6.28. The fraction of sp³-hybridized carbons (Fsp3) is 0.700. The highest BCUT2D eigenvalue weighted by atomic mass is 15.3. The maximum atomic E-state index is 4.50. The molecule has 6 rings (SSSR count). The van der Waals surface area contributed by atoms with Gasteiger partial charge < -0.3 is 16.0 Å². The van der Waals surface area contributed by atoms with E-state index < -0.39 is 0 Å². The van der Waals surface area contributed by atoms with Crippen LogP contribution in [0.5, 0.6) is 0 Å². The average molecular weight is 611 g/mol. The molecule has 14 nitrogen and oxygen atoms in total. The van der Waals surface area contributed by atoms with Crippen LogP contribution in [0.2, 0.25) is 0 Å². The van der Waals surface area contributed by atoms with Crippen molar-refractivity contribution in [2.45, 2.75) is 19.6 Å². The van der Waals surface area contributed by atoms with E-state index in [1.165, 1.54) is 0 Å². The monoisotopic (exact) mass is 610 g/mol. The summed E-state index contributed by atoms with van der Waals surface area (Å²) in [5, 5.41) is 33.5. The summed E-state index contributed by atoms with van der Waals surface area (Å²) < 4.78 is 0. The molecule has 244 valence electrons. The molecule has 2 atom stereocenters. The Labute approximate surface area is 262 Å². The highest BCUT2D eigenvalue weighted by Crippen LogP contribution is 2.07. The molecule has 6 heterocycles. The van der Waals surface area contributed by atoms with Crippen LogP contribution in [0.25, 0.3) is 0 Å². The number of hydrogen-bond donors (Lipinski definition) is 6. The first kappa shape index (κ1) is 32.7. The number of H-pyrrole nitrogens is 3. The quantitative estimate of drug-likeness (QED) is 0.206. The molecule has 14 heteroatoms. The predicted molar refractivity (Wildman–Crippen MR) is 173 cm³/mol. The SMILES string of the molecule is c1cc(CN2CCNCCN3CCNCCNCCN(CC2)CCN(Cc2cc[nH]n2)CCN(Cc2cc[nH]n2)CC3)n[nH]1. The third-order valence-electron chi connectivity index (χ3n) is 8.66. The van der Waals surface area contributed by atoms with Crippen LogP contribution in [-0.2, 0) is 19.6 Å².